The highest BCUT2D eigenvalue weighted by Crippen LogP contribution is 2.22. The molecule has 0 spiro atoms. The van der Waals surface area contributed by atoms with E-state index in [1.807, 2.05) is 0 Å². The first-order valence-electron chi connectivity index (χ1n) is 5.16. The molecule has 98 valence electrons. The highest BCUT2D eigenvalue weighted by atomic mass is 32.2. The number of methoxy groups -OCH3 is 1. The number of nitrogens with two attached hydrogens (primary N) is 1. The van der Waals surface area contributed by atoms with E-state index in [-0.39, 0.29) is 17.5 Å². The fourth-order valence-corrected chi connectivity index (χ4v) is 3.54. The lowest BCUT2D eigenvalue weighted by molar-refractivity contribution is -0.144. The minimum absolute atomic E-state index is 0.0634. The van der Waals surface area contributed by atoms with Crippen LogP contribution in [0.15, 0.2) is 0 Å². The molecule has 2 unspecified atom stereocenters. The van der Waals surface area contributed by atoms with Gasteiger partial charge in [-0.3, -0.25) is 4.79 Å². The van der Waals surface area contributed by atoms with Crippen LogP contribution in [-0.4, -0.2) is 49.1 Å². The molecule has 0 amide bonds. The second-order valence-corrected chi connectivity index (χ2v) is 6.68. The van der Waals surface area contributed by atoms with E-state index in [4.69, 9.17) is 5.73 Å². The molecule has 1 aliphatic rings. The molecule has 1 fully saturated rings. The van der Waals surface area contributed by atoms with Gasteiger partial charge in [-0.2, -0.15) is 0 Å². The molecular weight excluding hydrogens is 264 g/mol. The number of carbonyl (C=O) groups is 1. The molecule has 17 heavy (non-hydrogen) atoms. The van der Waals surface area contributed by atoms with Crippen LogP contribution >= 0.6 is 12.2 Å². The molecule has 8 heteroatoms. The van der Waals surface area contributed by atoms with Gasteiger partial charge in [-0.15, -0.1) is 0 Å². The lowest BCUT2D eigenvalue weighted by atomic mass is 10.1. The van der Waals surface area contributed by atoms with E-state index in [0.717, 1.165) is 0 Å². The van der Waals surface area contributed by atoms with Gasteiger partial charge in [0, 0.05) is 13.1 Å². The van der Waals surface area contributed by atoms with Crippen molar-refractivity contribution in [3.05, 3.63) is 0 Å². The van der Waals surface area contributed by atoms with E-state index in [2.05, 4.69) is 17.0 Å². The zero-order valence-corrected chi connectivity index (χ0v) is 11.4. The Hall–Kier alpha value is -0.730. The van der Waals surface area contributed by atoms with Gasteiger partial charge >= 0.3 is 5.97 Å². The molecule has 1 aliphatic heterocycles. The molecule has 0 aromatic heterocycles. The van der Waals surface area contributed by atoms with Crippen molar-refractivity contribution < 1.29 is 17.9 Å². The number of sulfonamides is 1. The Morgan fingerprint density at radius 3 is 2.65 bits per heavy atom. The van der Waals surface area contributed by atoms with Gasteiger partial charge < -0.3 is 10.5 Å². The summed E-state index contributed by atoms with van der Waals surface area (Å²) in [5.74, 6) is -0.779. The Labute approximate surface area is 106 Å². The third kappa shape index (κ3) is 2.93. The minimum atomic E-state index is -3.55. The molecule has 0 bridgehead atoms. The number of esters is 1. The summed E-state index contributed by atoms with van der Waals surface area (Å²) in [6.45, 7) is 1.89. The van der Waals surface area contributed by atoms with Gasteiger partial charge in [-0.05, 0) is 13.3 Å². The third-order valence-corrected chi connectivity index (χ3v) is 5.59. The summed E-state index contributed by atoms with van der Waals surface area (Å²) < 4.78 is 29.9. The van der Waals surface area contributed by atoms with Crippen molar-refractivity contribution in [1.82, 2.24) is 4.31 Å². The number of rotatable bonds is 4. The van der Waals surface area contributed by atoms with E-state index >= 15 is 0 Å². The Balaban J connectivity index is 2.77. The second-order valence-electron chi connectivity index (χ2n) is 3.96. The molecule has 6 nitrogen and oxygen atoms in total. The predicted octanol–water partition coefficient (Wildman–Crippen LogP) is -0.514. The fourth-order valence-electron chi connectivity index (χ4n) is 1.69. The van der Waals surface area contributed by atoms with Crippen molar-refractivity contribution in [3.63, 3.8) is 0 Å². The van der Waals surface area contributed by atoms with Crippen LogP contribution in [0.25, 0.3) is 0 Å². The molecule has 1 saturated heterocycles. The second kappa shape index (κ2) is 5.28. The third-order valence-electron chi connectivity index (χ3n) is 2.89. The van der Waals surface area contributed by atoms with Gasteiger partial charge in [0.1, 0.15) is 5.25 Å². The lowest BCUT2D eigenvalue weighted by Crippen LogP contribution is -2.42. The van der Waals surface area contributed by atoms with E-state index in [9.17, 15) is 13.2 Å². The van der Waals surface area contributed by atoms with Gasteiger partial charge in [0.2, 0.25) is 10.0 Å². The lowest BCUT2D eigenvalue weighted by Gasteiger charge is -2.20. The van der Waals surface area contributed by atoms with Gasteiger partial charge in [0.05, 0.1) is 18.0 Å². The van der Waals surface area contributed by atoms with Gasteiger partial charge in [0.15, 0.2) is 0 Å². The number of carbonyl (C=O) groups excluding carboxylic acids is 1. The van der Waals surface area contributed by atoms with E-state index in [1.54, 1.807) is 0 Å². The Kier molecular flexibility index (Phi) is 4.45. The van der Waals surface area contributed by atoms with Crippen LogP contribution in [-0.2, 0) is 19.6 Å². The van der Waals surface area contributed by atoms with Crippen molar-refractivity contribution in [2.45, 2.75) is 18.6 Å². The van der Waals surface area contributed by atoms with Crippen LogP contribution in [0.4, 0.5) is 0 Å². The van der Waals surface area contributed by atoms with Crippen LogP contribution in [0.2, 0.25) is 0 Å². The minimum Gasteiger partial charge on any atom is -0.469 e. The maximum Gasteiger partial charge on any atom is 0.310 e. The van der Waals surface area contributed by atoms with Crippen LogP contribution in [0.5, 0.6) is 0 Å². The number of thiocarbonyl (C=S) groups is 1. The van der Waals surface area contributed by atoms with Gasteiger partial charge in [0.25, 0.3) is 0 Å². The van der Waals surface area contributed by atoms with E-state index < -0.39 is 21.2 Å². The Bertz CT molecular complexity index is 421. The van der Waals surface area contributed by atoms with Crippen LogP contribution in [0, 0.1) is 5.92 Å². The average Bonchev–Trinajstić information content (AvgIpc) is 2.76. The summed E-state index contributed by atoms with van der Waals surface area (Å²) in [7, 11) is -2.26. The molecule has 0 aromatic carbocycles. The normalized spacial score (nSPS) is 23.3. The largest absolute Gasteiger partial charge is 0.469 e. The highest BCUT2D eigenvalue weighted by molar-refractivity contribution is 7.92. The molecule has 2 atom stereocenters. The molecule has 2 N–H and O–H groups in total. The first-order chi connectivity index (χ1) is 7.80. The summed E-state index contributed by atoms with van der Waals surface area (Å²) >= 11 is 4.69. The van der Waals surface area contributed by atoms with E-state index in [0.29, 0.717) is 13.0 Å². The van der Waals surface area contributed by atoms with Crippen molar-refractivity contribution in [2.75, 3.05) is 20.2 Å². The quantitative estimate of drug-likeness (QED) is 0.551. The van der Waals surface area contributed by atoms with Crippen molar-refractivity contribution in [1.29, 1.82) is 0 Å². The predicted molar refractivity (Wildman–Crippen MR) is 66.9 cm³/mol. The Morgan fingerprint density at radius 2 is 2.18 bits per heavy atom. The fraction of sp³-hybridized carbons (Fsp3) is 0.778. The van der Waals surface area contributed by atoms with Crippen LogP contribution < -0.4 is 5.73 Å². The van der Waals surface area contributed by atoms with Crippen LogP contribution in [0.1, 0.15) is 13.3 Å². The maximum atomic E-state index is 12.0. The summed E-state index contributed by atoms with van der Waals surface area (Å²) in [4.78, 5) is 11.2. The first kappa shape index (κ1) is 14.3. The molecule has 1 rings (SSSR count). The molecule has 0 aliphatic carbocycles. The van der Waals surface area contributed by atoms with Crippen LogP contribution in [0.3, 0.4) is 0 Å². The molecule has 1 heterocycles. The molecule has 0 radical (unpaired) electrons. The smallest absolute Gasteiger partial charge is 0.310 e. The van der Waals surface area contributed by atoms with Crippen molar-refractivity contribution in [3.8, 4) is 0 Å². The number of nitrogens with zero attached hydrogens (tertiary/aromatic N) is 1. The van der Waals surface area contributed by atoms with E-state index in [1.165, 1.54) is 18.3 Å². The summed E-state index contributed by atoms with van der Waals surface area (Å²) in [5.41, 5.74) is 5.34. The maximum absolute atomic E-state index is 12.0. The molecular formula is C9H16N2O4S2. The monoisotopic (exact) mass is 280 g/mol. The first-order valence-corrected chi connectivity index (χ1v) is 7.08. The molecule has 0 saturated carbocycles. The zero-order chi connectivity index (χ0) is 13.2. The van der Waals surface area contributed by atoms with Gasteiger partial charge in [-0.25, -0.2) is 12.7 Å². The van der Waals surface area contributed by atoms with Crippen molar-refractivity contribution in [2.24, 2.45) is 11.7 Å². The summed E-state index contributed by atoms with van der Waals surface area (Å²) in [6, 6.07) is 0. The topological polar surface area (TPSA) is 89.7 Å². The summed E-state index contributed by atoms with van der Waals surface area (Å²) in [6.07, 6.45) is 0.468. The molecule has 0 aromatic rings. The SMILES string of the molecule is COC(=O)C1CCN(S(=O)(=O)C(C)C(N)=S)C1. The standard InChI is InChI=1S/C9H16N2O4S2/c1-6(8(10)16)17(13,14)11-4-3-7(5-11)9(12)15-2/h6-7H,3-5H2,1-2H3,(H2,10,16). The van der Waals surface area contributed by atoms with Crippen molar-refractivity contribution >= 4 is 33.2 Å². The number of hydrogen-bond donors (Lipinski definition) is 1. The van der Waals surface area contributed by atoms with Gasteiger partial charge in [-0.1, -0.05) is 12.2 Å². The Morgan fingerprint density at radius 1 is 1.59 bits per heavy atom. The number of hydrogen-bond acceptors (Lipinski definition) is 5. The summed E-state index contributed by atoms with van der Waals surface area (Å²) in [5, 5.41) is -0.908. The average molecular weight is 280 g/mol. The highest BCUT2D eigenvalue weighted by Gasteiger charge is 2.38. The zero-order valence-electron chi connectivity index (χ0n) is 9.75. The number of ether oxygens (including phenoxy) is 1.